The summed E-state index contributed by atoms with van der Waals surface area (Å²) in [5, 5.41) is 33.9. The van der Waals surface area contributed by atoms with Gasteiger partial charge in [0.1, 0.15) is 6.33 Å². The second-order valence-electron chi connectivity index (χ2n) is 5.74. The van der Waals surface area contributed by atoms with Crippen LogP contribution < -0.4 is 16.2 Å². The average molecular weight is 411 g/mol. The van der Waals surface area contributed by atoms with Gasteiger partial charge in [0.05, 0.1) is 21.1 Å². The van der Waals surface area contributed by atoms with Crippen LogP contribution in [0, 0.1) is 20.2 Å². The van der Waals surface area contributed by atoms with E-state index in [0.29, 0.717) is 11.4 Å². The summed E-state index contributed by atoms with van der Waals surface area (Å²) >= 11 is 0. The first-order valence-corrected chi connectivity index (χ1v) is 8.21. The van der Waals surface area contributed by atoms with Crippen molar-refractivity contribution in [2.45, 2.75) is 0 Å². The largest absolute Gasteiger partial charge is 0.478 e. The summed E-state index contributed by atoms with van der Waals surface area (Å²) in [6, 6.07) is 10.9. The van der Waals surface area contributed by atoms with Gasteiger partial charge in [-0.25, -0.2) is 14.8 Å². The van der Waals surface area contributed by atoms with E-state index < -0.39 is 21.5 Å². The molecule has 0 bridgehead atoms. The molecule has 0 aliphatic carbocycles. The van der Waals surface area contributed by atoms with Gasteiger partial charge in [0, 0.05) is 17.8 Å². The zero-order valence-corrected chi connectivity index (χ0v) is 15.0. The van der Waals surface area contributed by atoms with Gasteiger partial charge in [0.15, 0.2) is 0 Å². The molecule has 0 fully saturated rings. The number of hydrogen-bond donors (Lipinski definition) is 4. The average Bonchev–Trinajstić information content (AvgIpc) is 2.72. The molecular weight excluding hydrogens is 398 g/mol. The van der Waals surface area contributed by atoms with Crippen LogP contribution in [0.1, 0.15) is 10.4 Å². The van der Waals surface area contributed by atoms with Gasteiger partial charge in [0.25, 0.3) is 5.69 Å². The third kappa shape index (κ3) is 4.53. The molecule has 3 aromatic rings. The van der Waals surface area contributed by atoms with Crippen LogP contribution in [0.15, 0.2) is 54.9 Å². The number of carboxylic acids is 1. The summed E-state index contributed by atoms with van der Waals surface area (Å²) in [7, 11) is 0. The number of carbonyl (C=O) groups is 1. The number of nitrogens with one attached hydrogen (secondary N) is 3. The molecular formula is C17H13N7O6. The predicted octanol–water partition coefficient (Wildman–Crippen LogP) is 3.17. The lowest BCUT2D eigenvalue weighted by Gasteiger charge is -2.11. The van der Waals surface area contributed by atoms with Gasteiger partial charge in [-0.3, -0.25) is 31.1 Å². The molecule has 13 heteroatoms. The van der Waals surface area contributed by atoms with Crippen molar-refractivity contribution in [2.75, 3.05) is 16.2 Å². The number of aromatic nitrogens is 2. The second kappa shape index (κ2) is 8.47. The normalized spacial score (nSPS) is 10.1. The van der Waals surface area contributed by atoms with Crippen molar-refractivity contribution in [3.63, 3.8) is 0 Å². The molecule has 13 nitrogen and oxygen atoms in total. The zero-order valence-electron chi connectivity index (χ0n) is 15.0. The van der Waals surface area contributed by atoms with Crippen LogP contribution >= 0.6 is 0 Å². The van der Waals surface area contributed by atoms with Crippen LogP contribution in [-0.4, -0.2) is 30.9 Å². The Balaban J connectivity index is 1.81. The molecule has 0 aliphatic rings. The quantitative estimate of drug-likeness (QED) is 0.315. The predicted molar refractivity (Wildman–Crippen MR) is 106 cm³/mol. The topological polar surface area (TPSA) is 185 Å². The van der Waals surface area contributed by atoms with E-state index in [1.54, 1.807) is 0 Å². The highest BCUT2D eigenvalue weighted by atomic mass is 16.6. The van der Waals surface area contributed by atoms with E-state index in [2.05, 4.69) is 26.1 Å². The molecule has 0 saturated carbocycles. The molecule has 0 atom stereocenters. The number of nitro groups is 2. The third-order valence-electron chi connectivity index (χ3n) is 3.80. The minimum absolute atomic E-state index is 0.0624. The standard InChI is InChI=1S/C17H13N7O6/c25-17(26)10-1-3-11(4-2-10)20-15-14(24(29)30)16(19-9-18-15)22-21-12-5-7-13(8-6-12)23(27)28/h1-9,21H,(H,25,26)(H2,18,19,20,22). The van der Waals surface area contributed by atoms with E-state index in [9.17, 15) is 25.0 Å². The van der Waals surface area contributed by atoms with Crippen molar-refractivity contribution in [1.82, 2.24) is 9.97 Å². The maximum Gasteiger partial charge on any atom is 0.355 e. The lowest BCUT2D eigenvalue weighted by molar-refractivity contribution is -0.384. The Kier molecular flexibility index (Phi) is 5.63. The number of aromatic carboxylic acids is 1. The van der Waals surface area contributed by atoms with Gasteiger partial charge >= 0.3 is 11.7 Å². The van der Waals surface area contributed by atoms with E-state index in [0.717, 1.165) is 6.33 Å². The first-order valence-electron chi connectivity index (χ1n) is 8.21. The van der Waals surface area contributed by atoms with Crippen molar-refractivity contribution in [3.8, 4) is 0 Å². The number of nitro benzene ring substituents is 1. The lowest BCUT2D eigenvalue weighted by Crippen LogP contribution is -2.13. The maximum atomic E-state index is 11.6. The van der Waals surface area contributed by atoms with Crippen LogP contribution in [0.5, 0.6) is 0 Å². The van der Waals surface area contributed by atoms with Crippen LogP contribution in [0.3, 0.4) is 0 Å². The minimum atomic E-state index is -1.10. The summed E-state index contributed by atoms with van der Waals surface area (Å²) in [5.41, 5.74) is 5.54. The summed E-state index contributed by atoms with van der Waals surface area (Å²) in [6.07, 6.45) is 1.10. The fourth-order valence-corrected chi connectivity index (χ4v) is 2.37. The Labute approximate surface area is 167 Å². The Hall–Kier alpha value is -4.81. The molecule has 0 saturated heterocycles. The third-order valence-corrected chi connectivity index (χ3v) is 3.80. The minimum Gasteiger partial charge on any atom is -0.478 e. The molecule has 0 amide bonds. The molecule has 2 aromatic carbocycles. The number of benzene rings is 2. The van der Waals surface area contributed by atoms with Gasteiger partial charge in [0.2, 0.25) is 11.6 Å². The van der Waals surface area contributed by atoms with Gasteiger partial charge in [-0.05, 0) is 36.4 Å². The summed E-state index contributed by atoms with van der Waals surface area (Å²) in [4.78, 5) is 39.7. The second-order valence-corrected chi connectivity index (χ2v) is 5.74. The first kappa shape index (κ1) is 19.9. The van der Waals surface area contributed by atoms with Gasteiger partial charge in [-0.2, -0.15) is 0 Å². The van der Waals surface area contributed by atoms with E-state index in [1.165, 1.54) is 48.5 Å². The summed E-state index contributed by atoms with van der Waals surface area (Å²) in [5.74, 6) is -1.37. The highest BCUT2D eigenvalue weighted by Gasteiger charge is 2.23. The van der Waals surface area contributed by atoms with Crippen LogP contribution in [0.2, 0.25) is 0 Å². The van der Waals surface area contributed by atoms with Crippen molar-refractivity contribution in [2.24, 2.45) is 0 Å². The van der Waals surface area contributed by atoms with E-state index >= 15 is 0 Å². The number of anilines is 4. The molecule has 0 spiro atoms. The number of rotatable bonds is 8. The van der Waals surface area contributed by atoms with Gasteiger partial charge in [-0.1, -0.05) is 0 Å². The van der Waals surface area contributed by atoms with Gasteiger partial charge < -0.3 is 10.4 Å². The highest BCUT2D eigenvalue weighted by Crippen LogP contribution is 2.31. The fraction of sp³-hybridized carbons (Fsp3) is 0. The SMILES string of the molecule is O=C(O)c1ccc(Nc2ncnc(NNc3ccc([N+](=O)[O-])cc3)c2[N+](=O)[O-])cc1. The number of hydrazine groups is 1. The molecule has 152 valence electrons. The van der Waals surface area contributed by atoms with Crippen molar-refractivity contribution < 1.29 is 19.7 Å². The number of carboxylic acid groups (broad SMARTS) is 1. The van der Waals surface area contributed by atoms with Crippen molar-refractivity contribution >= 4 is 40.4 Å². The molecule has 1 aromatic heterocycles. The number of non-ortho nitro benzene ring substituents is 1. The molecule has 1 heterocycles. The zero-order chi connectivity index (χ0) is 21.7. The van der Waals surface area contributed by atoms with Crippen LogP contribution in [0.25, 0.3) is 0 Å². The fourth-order valence-electron chi connectivity index (χ4n) is 2.37. The van der Waals surface area contributed by atoms with E-state index in [4.69, 9.17) is 5.11 Å². The van der Waals surface area contributed by atoms with E-state index in [-0.39, 0.29) is 22.9 Å². The molecule has 0 radical (unpaired) electrons. The molecule has 0 aliphatic heterocycles. The number of hydrogen-bond acceptors (Lipinski definition) is 10. The Morgan fingerprint density at radius 1 is 0.833 bits per heavy atom. The smallest absolute Gasteiger partial charge is 0.355 e. The molecule has 3 rings (SSSR count). The molecule has 4 N–H and O–H groups in total. The maximum absolute atomic E-state index is 11.6. The summed E-state index contributed by atoms with van der Waals surface area (Å²) < 4.78 is 0. The lowest BCUT2D eigenvalue weighted by atomic mass is 10.2. The molecule has 30 heavy (non-hydrogen) atoms. The molecule has 0 unspecified atom stereocenters. The first-order chi connectivity index (χ1) is 14.3. The Morgan fingerprint density at radius 2 is 1.43 bits per heavy atom. The van der Waals surface area contributed by atoms with Crippen LogP contribution in [0.4, 0.5) is 34.4 Å². The number of nitrogens with zero attached hydrogens (tertiary/aromatic N) is 4. The Bertz CT molecular complexity index is 1100. The summed E-state index contributed by atoms with van der Waals surface area (Å²) in [6.45, 7) is 0. The van der Waals surface area contributed by atoms with Crippen molar-refractivity contribution in [3.05, 3.63) is 80.7 Å². The van der Waals surface area contributed by atoms with Gasteiger partial charge in [-0.15, -0.1) is 0 Å². The van der Waals surface area contributed by atoms with E-state index in [1.807, 2.05) is 0 Å². The highest BCUT2D eigenvalue weighted by molar-refractivity contribution is 5.88. The Morgan fingerprint density at radius 3 is 2.00 bits per heavy atom. The monoisotopic (exact) mass is 411 g/mol. The van der Waals surface area contributed by atoms with Crippen molar-refractivity contribution in [1.29, 1.82) is 0 Å². The van der Waals surface area contributed by atoms with Crippen LogP contribution in [-0.2, 0) is 0 Å².